The number of hydrogen-bond acceptors (Lipinski definition) is 7. The third kappa shape index (κ3) is 4.11. The largest absolute Gasteiger partial charge is 0.467 e. The van der Waals surface area contributed by atoms with Crippen LogP contribution < -0.4 is 10.1 Å². The van der Waals surface area contributed by atoms with Crippen LogP contribution in [0.1, 0.15) is 86.5 Å². The van der Waals surface area contributed by atoms with Gasteiger partial charge in [-0.25, -0.2) is 0 Å². The molecular formula is C26H33N3O4. The lowest BCUT2D eigenvalue weighted by atomic mass is 9.90. The van der Waals surface area contributed by atoms with Crippen molar-refractivity contribution in [1.29, 1.82) is 0 Å². The van der Waals surface area contributed by atoms with Crippen LogP contribution in [0.2, 0.25) is 0 Å². The molecule has 33 heavy (non-hydrogen) atoms. The molecule has 0 amide bonds. The van der Waals surface area contributed by atoms with E-state index in [4.69, 9.17) is 19.3 Å². The van der Waals surface area contributed by atoms with E-state index in [0.29, 0.717) is 11.7 Å². The quantitative estimate of drug-likeness (QED) is 0.582. The van der Waals surface area contributed by atoms with E-state index in [1.807, 2.05) is 0 Å². The van der Waals surface area contributed by atoms with E-state index in [1.54, 1.807) is 7.11 Å². The molecule has 3 heterocycles. The lowest BCUT2D eigenvalue weighted by molar-refractivity contribution is 0.0256. The SMILES string of the molecule is COCOc1cc(C2CC2)ccc1-c1nnc(NC2(O)CCCCC2)c2c1C[C@H]1CC[C@@H]2O1. The minimum absolute atomic E-state index is 0.00299. The minimum atomic E-state index is -0.920. The number of anilines is 1. The fourth-order valence-corrected chi connectivity index (χ4v) is 5.77. The summed E-state index contributed by atoms with van der Waals surface area (Å²) in [6, 6.07) is 6.47. The van der Waals surface area contributed by atoms with Gasteiger partial charge in [0.05, 0.1) is 12.2 Å². The summed E-state index contributed by atoms with van der Waals surface area (Å²) >= 11 is 0. The van der Waals surface area contributed by atoms with Crippen LogP contribution in [-0.2, 0) is 15.9 Å². The third-order valence-electron chi connectivity index (χ3n) is 7.65. The molecule has 7 heteroatoms. The molecule has 2 bridgehead atoms. The molecule has 176 valence electrons. The Hall–Kier alpha value is -2.22. The second-order valence-electron chi connectivity index (χ2n) is 10.1. The number of hydrogen-bond donors (Lipinski definition) is 2. The molecule has 2 atom stereocenters. The first-order valence-electron chi connectivity index (χ1n) is 12.4. The summed E-state index contributed by atoms with van der Waals surface area (Å²) in [6.45, 7) is 0.192. The Morgan fingerprint density at radius 1 is 1.12 bits per heavy atom. The monoisotopic (exact) mass is 451 g/mol. The molecule has 0 unspecified atom stereocenters. The van der Waals surface area contributed by atoms with Crippen LogP contribution >= 0.6 is 0 Å². The highest BCUT2D eigenvalue weighted by molar-refractivity contribution is 5.74. The van der Waals surface area contributed by atoms with Gasteiger partial charge in [0, 0.05) is 24.7 Å². The van der Waals surface area contributed by atoms with E-state index < -0.39 is 5.72 Å². The number of aliphatic hydroxyl groups is 1. The number of benzene rings is 1. The fraction of sp³-hybridized carbons (Fsp3) is 0.615. The second-order valence-corrected chi connectivity index (χ2v) is 10.1. The number of nitrogens with zero attached hydrogens (tertiary/aromatic N) is 2. The number of aromatic nitrogens is 2. The van der Waals surface area contributed by atoms with Gasteiger partial charge in [-0.15, -0.1) is 10.2 Å². The Morgan fingerprint density at radius 2 is 1.97 bits per heavy atom. The van der Waals surface area contributed by atoms with Gasteiger partial charge in [-0.3, -0.25) is 0 Å². The van der Waals surface area contributed by atoms with Gasteiger partial charge in [-0.2, -0.15) is 0 Å². The molecule has 1 saturated heterocycles. The van der Waals surface area contributed by atoms with Gasteiger partial charge in [-0.1, -0.05) is 12.5 Å². The van der Waals surface area contributed by atoms with Crippen molar-refractivity contribution in [3.63, 3.8) is 0 Å². The predicted molar refractivity (Wildman–Crippen MR) is 124 cm³/mol. The third-order valence-corrected chi connectivity index (χ3v) is 7.65. The fourth-order valence-electron chi connectivity index (χ4n) is 5.77. The van der Waals surface area contributed by atoms with Crippen molar-refractivity contribution in [3.05, 3.63) is 34.9 Å². The van der Waals surface area contributed by atoms with Crippen LogP contribution in [0, 0.1) is 0 Å². The normalized spacial score (nSPS) is 25.5. The Labute approximate surface area is 194 Å². The van der Waals surface area contributed by atoms with Crippen molar-refractivity contribution in [2.45, 2.75) is 88.1 Å². The molecule has 4 aliphatic rings. The molecule has 2 saturated carbocycles. The van der Waals surface area contributed by atoms with Crippen LogP contribution in [0.25, 0.3) is 11.3 Å². The van der Waals surface area contributed by atoms with Gasteiger partial charge in [0.25, 0.3) is 0 Å². The first kappa shape index (κ1) is 21.3. The highest BCUT2D eigenvalue weighted by Gasteiger charge is 2.40. The molecule has 1 aromatic heterocycles. The molecule has 2 aromatic rings. The Morgan fingerprint density at radius 3 is 2.76 bits per heavy atom. The first-order chi connectivity index (χ1) is 16.1. The smallest absolute Gasteiger partial charge is 0.188 e. The Kier molecular flexibility index (Phi) is 5.51. The van der Waals surface area contributed by atoms with E-state index in [1.165, 1.54) is 30.4 Å². The standard InChI is InChI=1S/C26H33N3O4/c1-31-15-32-22-13-17(16-5-6-16)7-9-19(22)24-20-14-18-8-10-21(33-18)23(20)25(29-28-24)27-26(30)11-3-2-4-12-26/h7,9,13,16,18,21,30H,2-6,8,10-12,14-15H2,1H3,(H,27,29)/t18-,21+/m1/s1. The number of fused-ring (bicyclic) bond motifs is 4. The average molecular weight is 452 g/mol. The maximum atomic E-state index is 11.2. The number of nitrogens with one attached hydrogen (secondary N) is 1. The van der Waals surface area contributed by atoms with Gasteiger partial charge < -0.3 is 24.6 Å². The predicted octanol–water partition coefficient (Wildman–Crippen LogP) is 4.84. The summed E-state index contributed by atoms with van der Waals surface area (Å²) in [5.74, 6) is 2.11. The molecular weight excluding hydrogens is 418 g/mol. The van der Waals surface area contributed by atoms with Gasteiger partial charge in [0.15, 0.2) is 12.6 Å². The molecule has 1 aromatic carbocycles. The van der Waals surface area contributed by atoms with Crippen molar-refractivity contribution in [2.75, 3.05) is 19.2 Å². The maximum absolute atomic E-state index is 11.2. The lowest BCUT2D eigenvalue weighted by Crippen LogP contribution is -2.41. The second kappa shape index (κ2) is 8.53. The van der Waals surface area contributed by atoms with Crippen LogP contribution in [0.3, 0.4) is 0 Å². The van der Waals surface area contributed by atoms with Crippen molar-refractivity contribution < 1.29 is 19.3 Å². The van der Waals surface area contributed by atoms with E-state index in [2.05, 4.69) is 28.6 Å². The van der Waals surface area contributed by atoms with Crippen molar-refractivity contribution in [3.8, 4) is 17.0 Å². The van der Waals surface area contributed by atoms with Gasteiger partial charge in [0.2, 0.25) is 0 Å². The highest BCUT2D eigenvalue weighted by Crippen LogP contribution is 2.49. The van der Waals surface area contributed by atoms with Crippen LogP contribution in [0.5, 0.6) is 5.75 Å². The molecule has 0 radical (unpaired) electrons. The van der Waals surface area contributed by atoms with Crippen molar-refractivity contribution >= 4 is 5.82 Å². The Bertz CT molecular complexity index is 1030. The highest BCUT2D eigenvalue weighted by atomic mass is 16.7. The summed E-state index contributed by atoms with van der Waals surface area (Å²) < 4.78 is 17.5. The molecule has 0 spiro atoms. The van der Waals surface area contributed by atoms with Gasteiger partial charge in [0.1, 0.15) is 17.2 Å². The molecule has 2 aliphatic carbocycles. The number of ether oxygens (including phenoxy) is 3. The number of methoxy groups -OCH3 is 1. The van der Waals surface area contributed by atoms with Crippen molar-refractivity contribution in [2.24, 2.45) is 0 Å². The van der Waals surface area contributed by atoms with E-state index in [9.17, 15) is 5.11 Å². The van der Waals surface area contributed by atoms with E-state index in [-0.39, 0.29) is 19.0 Å². The van der Waals surface area contributed by atoms with Crippen molar-refractivity contribution in [1.82, 2.24) is 10.2 Å². The van der Waals surface area contributed by atoms with E-state index >= 15 is 0 Å². The lowest BCUT2D eigenvalue weighted by Gasteiger charge is -2.35. The maximum Gasteiger partial charge on any atom is 0.188 e. The van der Waals surface area contributed by atoms with Crippen LogP contribution in [-0.4, -0.2) is 41.0 Å². The summed E-state index contributed by atoms with van der Waals surface area (Å²) in [4.78, 5) is 0. The molecule has 2 aliphatic heterocycles. The average Bonchev–Trinajstić information content (AvgIpc) is 3.61. The van der Waals surface area contributed by atoms with Gasteiger partial charge >= 0.3 is 0 Å². The van der Waals surface area contributed by atoms with E-state index in [0.717, 1.165) is 67.5 Å². The van der Waals surface area contributed by atoms with Crippen LogP contribution in [0.4, 0.5) is 5.82 Å². The zero-order chi connectivity index (χ0) is 22.4. The summed E-state index contributed by atoms with van der Waals surface area (Å²) in [6.07, 6.45) is 10.2. The molecule has 3 fully saturated rings. The van der Waals surface area contributed by atoms with Crippen LogP contribution in [0.15, 0.2) is 18.2 Å². The molecule has 7 nitrogen and oxygen atoms in total. The molecule has 6 rings (SSSR count). The summed E-state index contributed by atoms with van der Waals surface area (Å²) in [7, 11) is 1.64. The Balaban J connectivity index is 1.43. The zero-order valence-corrected chi connectivity index (χ0v) is 19.3. The van der Waals surface area contributed by atoms with Gasteiger partial charge in [-0.05, 0) is 80.5 Å². The zero-order valence-electron chi connectivity index (χ0n) is 19.3. The summed E-state index contributed by atoms with van der Waals surface area (Å²) in [5.41, 5.74) is 4.44. The summed E-state index contributed by atoms with van der Waals surface area (Å²) in [5, 5.41) is 23.9. The number of rotatable bonds is 7. The topological polar surface area (TPSA) is 85.7 Å². The molecule has 2 N–H and O–H groups in total. The first-order valence-corrected chi connectivity index (χ1v) is 12.4. The minimum Gasteiger partial charge on any atom is -0.467 e.